The van der Waals surface area contributed by atoms with Gasteiger partial charge in [-0.2, -0.15) is 0 Å². The number of epoxide rings is 2. The molecule has 5 rings (SSSR count). The van der Waals surface area contributed by atoms with Gasteiger partial charge >= 0.3 is 5.63 Å². The third-order valence-corrected chi connectivity index (χ3v) is 4.19. The zero-order valence-electron chi connectivity index (χ0n) is 10.6. The Balaban J connectivity index is 1.83. The summed E-state index contributed by atoms with van der Waals surface area (Å²) in [5, 5.41) is 0.936. The molecule has 5 heteroatoms. The lowest BCUT2D eigenvalue weighted by Crippen LogP contribution is -2.12. The predicted molar refractivity (Wildman–Crippen MR) is 68.5 cm³/mol. The second-order valence-corrected chi connectivity index (χ2v) is 5.44. The highest BCUT2D eigenvalue weighted by Crippen LogP contribution is 2.49. The summed E-state index contributed by atoms with van der Waals surface area (Å²) < 4.78 is 22.3. The minimum absolute atomic E-state index is 0.0321. The minimum atomic E-state index is -0.317. The lowest BCUT2D eigenvalue weighted by Gasteiger charge is -2.07. The summed E-state index contributed by atoms with van der Waals surface area (Å²) in [4.78, 5) is 12.3. The van der Waals surface area contributed by atoms with Gasteiger partial charge in [-0.15, -0.1) is 0 Å². The maximum Gasteiger partial charge on any atom is 0.342 e. The van der Waals surface area contributed by atoms with Crippen molar-refractivity contribution in [2.45, 2.75) is 24.4 Å². The SMILES string of the molecule is O=c1oc2ccccc2c2c1C1OC1COCC1OC21. The van der Waals surface area contributed by atoms with Crippen LogP contribution < -0.4 is 5.63 Å². The van der Waals surface area contributed by atoms with Crippen molar-refractivity contribution in [3.05, 3.63) is 45.8 Å². The molecule has 0 aliphatic carbocycles. The Bertz CT molecular complexity index is 764. The van der Waals surface area contributed by atoms with E-state index in [4.69, 9.17) is 18.6 Å². The molecule has 0 radical (unpaired) electrons. The van der Waals surface area contributed by atoms with E-state index in [1.54, 1.807) is 0 Å². The number of para-hydroxylation sites is 1. The largest absolute Gasteiger partial charge is 0.422 e. The average Bonchev–Trinajstić information content (AvgIpc) is 3.35. The van der Waals surface area contributed by atoms with Crippen molar-refractivity contribution < 1.29 is 18.6 Å². The first kappa shape index (κ1) is 11.0. The molecule has 1 aromatic heterocycles. The normalized spacial score (nSPS) is 34.2. The lowest BCUT2D eigenvalue weighted by atomic mass is 9.97. The first-order valence-electron chi connectivity index (χ1n) is 6.77. The van der Waals surface area contributed by atoms with E-state index in [-0.39, 0.29) is 30.0 Å². The smallest absolute Gasteiger partial charge is 0.342 e. The van der Waals surface area contributed by atoms with Gasteiger partial charge in [0.2, 0.25) is 0 Å². The van der Waals surface area contributed by atoms with Crippen LogP contribution in [-0.4, -0.2) is 25.4 Å². The molecule has 3 aliphatic heterocycles. The fourth-order valence-electron chi connectivity index (χ4n) is 3.11. The molecule has 0 bridgehead atoms. The van der Waals surface area contributed by atoms with Gasteiger partial charge in [0.25, 0.3) is 0 Å². The fourth-order valence-corrected chi connectivity index (χ4v) is 3.11. The van der Waals surface area contributed by atoms with Gasteiger partial charge in [-0.05, 0) is 6.07 Å². The molecule has 4 atom stereocenters. The third-order valence-electron chi connectivity index (χ3n) is 4.19. The van der Waals surface area contributed by atoms with Gasteiger partial charge < -0.3 is 18.6 Å². The quantitative estimate of drug-likeness (QED) is 0.539. The molecule has 0 amide bonds. The van der Waals surface area contributed by atoms with E-state index in [1.807, 2.05) is 24.3 Å². The summed E-state index contributed by atoms with van der Waals surface area (Å²) in [6, 6.07) is 7.57. The van der Waals surface area contributed by atoms with Gasteiger partial charge in [0.1, 0.15) is 30.0 Å². The number of rotatable bonds is 0. The second kappa shape index (κ2) is 3.69. The van der Waals surface area contributed by atoms with Crippen LogP contribution in [0.5, 0.6) is 0 Å². The van der Waals surface area contributed by atoms with Crippen molar-refractivity contribution in [3.8, 4) is 0 Å². The molecule has 102 valence electrons. The van der Waals surface area contributed by atoms with Crippen LogP contribution >= 0.6 is 0 Å². The van der Waals surface area contributed by atoms with Crippen molar-refractivity contribution in [1.82, 2.24) is 0 Å². The number of ether oxygens (including phenoxy) is 3. The summed E-state index contributed by atoms with van der Waals surface area (Å²) in [6.45, 7) is 1.05. The molecular formula is C15H12O5. The van der Waals surface area contributed by atoms with Crippen molar-refractivity contribution in [1.29, 1.82) is 0 Å². The number of fused-ring (bicyclic) bond motifs is 7. The fraction of sp³-hybridized carbons (Fsp3) is 0.400. The van der Waals surface area contributed by atoms with Crippen LogP contribution in [0.4, 0.5) is 0 Å². The van der Waals surface area contributed by atoms with Crippen molar-refractivity contribution in [2.75, 3.05) is 13.2 Å². The number of benzene rings is 1. The Hall–Kier alpha value is -1.69. The molecule has 4 unspecified atom stereocenters. The summed E-state index contributed by atoms with van der Waals surface area (Å²) in [6.07, 6.45) is -0.289. The third kappa shape index (κ3) is 1.45. The Morgan fingerprint density at radius 2 is 1.65 bits per heavy atom. The molecule has 3 aliphatic rings. The van der Waals surface area contributed by atoms with Crippen molar-refractivity contribution in [2.24, 2.45) is 0 Å². The zero-order valence-corrected chi connectivity index (χ0v) is 10.6. The first-order valence-corrected chi connectivity index (χ1v) is 6.77. The van der Waals surface area contributed by atoms with E-state index in [2.05, 4.69) is 0 Å². The highest BCUT2D eigenvalue weighted by atomic mass is 16.6. The minimum Gasteiger partial charge on any atom is -0.422 e. The molecular weight excluding hydrogens is 260 g/mol. The van der Waals surface area contributed by atoms with Crippen molar-refractivity contribution in [3.63, 3.8) is 0 Å². The first-order chi connectivity index (χ1) is 9.83. The Kier molecular flexibility index (Phi) is 2.04. The zero-order chi connectivity index (χ0) is 13.3. The summed E-state index contributed by atoms with van der Waals surface area (Å²) in [5.41, 5.74) is 1.83. The molecule has 2 aromatic rings. The van der Waals surface area contributed by atoms with Crippen LogP contribution in [0, 0.1) is 0 Å². The maximum atomic E-state index is 12.3. The van der Waals surface area contributed by atoms with Crippen molar-refractivity contribution >= 4 is 11.0 Å². The maximum absolute atomic E-state index is 12.3. The Morgan fingerprint density at radius 1 is 0.950 bits per heavy atom. The van der Waals surface area contributed by atoms with Gasteiger partial charge in [-0.3, -0.25) is 0 Å². The van der Waals surface area contributed by atoms with Gasteiger partial charge in [0.05, 0.1) is 18.8 Å². The van der Waals surface area contributed by atoms with E-state index in [1.165, 1.54) is 0 Å². The highest BCUT2D eigenvalue weighted by Gasteiger charge is 2.52. The average molecular weight is 272 g/mol. The van der Waals surface area contributed by atoms with E-state index < -0.39 is 0 Å². The lowest BCUT2D eigenvalue weighted by molar-refractivity contribution is 0.102. The van der Waals surface area contributed by atoms with Gasteiger partial charge in [0.15, 0.2) is 0 Å². The molecule has 20 heavy (non-hydrogen) atoms. The molecule has 1 aromatic carbocycles. The molecule has 0 spiro atoms. The van der Waals surface area contributed by atoms with Crippen LogP contribution in [0.1, 0.15) is 23.3 Å². The molecule has 5 nitrogen and oxygen atoms in total. The van der Waals surface area contributed by atoms with Crippen LogP contribution in [0.15, 0.2) is 33.5 Å². The number of hydrogen-bond donors (Lipinski definition) is 0. The monoisotopic (exact) mass is 272 g/mol. The van der Waals surface area contributed by atoms with Crippen LogP contribution in [-0.2, 0) is 14.2 Å². The van der Waals surface area contributed by atoms with E-state index >= 15 is 0 Å². The van der Waals surface area contributed by atoms with Crippen LogP contribution in [0.2, 0.25) is 0 Å². The summed E-state index contributed by atoms with van der Waals surface area (Å²) in [7, 11) is 0. The van der Waals surface area contributed by atoms with Gasteiger partial charge in [-0.25, -0.2) is 4.79 Å². The topological polar surface area (TPSA) is 64.5 Å². The molecule has 0 saturated carbocycles. The number of hydrogen-bond acceptors (Lipinski definition) is 5. The second-order valence-electron chi connectivity index (χ2n) is 5.44. The van der Waals surface area contributed by atoms with Gasteiger partial charge in [-0.1, -0.05) is 18.2 Å². The van der Waals surface area contributed by atoms with E-state index in [0.29, 0.717) is 24.4 Å². The summed E-state index contributed by atoms with van der Waals surface area (Å²) >= 11 is 0. The molecule has 0 N–H and O–H groups in total. The van der Waals surface area contributed by atoms with Crippen LogP contribution in [0.25, 0.3) is 11.0 Å². The van der Waals surface area contributed by atoms with Crippen LogP contribution in [0.3, 0.4) is 0 Å². The highest BCUT2D eigenvalue weighted by molar-refractivity contribution is 5.82. The standard InChI is InChI=1S/C15H12O5/c16-15-12-11(7-3-1-2-4-8(7)20-15)13-9(18-13)5-17-6-10-14(12)19-10/h1-4,9-10,13-14H,5-6H2. The van der Waals surface area contributed by atoms with E-state index in [0.717, 1.165) is 10.9 Å². The van der Waals surface area contributed by atoms with Gasteiger partial charge in [0, 0.05) is 10.9 Å². The Morgan fingerprint density at radius 3 is 2.45 bits per heavy atom. The molecule has 2 saturated heterocycles. The molecule has 4 heterocycles. The summed E-state index contributed by atoms with van der Waals surface area (Å²) in [5.74, 6) is 0. The van der Waals surface area contributed by atoms with E-state index in [9.17, 15) is 4.79 Å². The Labute approximate surface area is 114 Å². The predicted octanol–water partition coefficient (Wildman–Crippen LogP) is 1.70. The molecule has 2 fully saturated rings.